The summed E-state index contributed by atoms with van der Waals surface area (Å²) in [6.45, 7) is 13.4. The molecule has 2 N–H and O–H groups in total. The maximum Gasteiger partial charge on any atom is 0.305 e. The van der Waals surface area contributed by atoms with E-state index in [1.165, 1.54) is 35.0 Å². The van der Waals surface area contributed by atoms with Crippen LogP contribution in [0.3, 0.4) is 0 Å². The molecule has 228 valence electrons. The first-order valence-corrected chi connectivity index (χ1v) is 13.8. The molecular weight excluding hydrogens is 542 g/mol. The molecule has 0 aliphatic rings. The topological polar surface area (TPSA) is 104 Å². The fraction of sp³-hybridized carbons (Fsp3) is 0.438. The van der Waals surface area contributed by atoms with Crippen LogP contribution < -0.4 is 10.9 Å². The number of hydrogen-bond donors (Lipinski definition) is 2. The van der Waals surface area contributed by atoms with Crippen LogP contribution in [0.2, 0.25) is 0 Å². The van der Waals surface area contributed by atoms with Crippen LogP contribution in [0, 0.1) is 19.8 Å². The summed E-state index contributed by atoms with van der Waals surface area (Å²) in [5.74, 6) is -1.63. The molecule has 2 atom stereocenters. The van der Waals surface area contributed by atoms with E-state index in [-0.39, 0.29) is 12.5 Å². The van der Waals surface area contributed by atoms with Crippen LogP contribution in [0.1, 0.15) is 61.9 Å². The van der Waals surface area contributed by atoms with E-state index in [0.29, 0.717) is 17.6 Å². The third kappa shape index (κ3) is 10.5. The van der Waals surface area contributed by atoms with E-state index < -0.39 is 48.9 Å². The number of nitrogens with one attached hydrogen (secondary N) is 1. The van der Waals surface area contributed by atoms with Gasteiger partial charge in [0.1, 0.15) is 6.04 Å². The summed E-state index contributed by atoms with van der Waals surface area (Å²) in [6.07, 6.45) is 1.97. The highest BCUT2D eigenvalue weighted by Crippen LogP contribution is 2.23. The van der Waals surface area contributed by atoms with Gasteiger partial charge in [-0.3, -0.25) is 24.3 Å². The number of nitrogens with zero attached hydrogens (tertiary/aromatic N) is 3. The van der Waals surface area contributed by atoms with Crippen molar-refractivity contribution in [2.24, 2.45) is 10.9 Å². The van der Waals surface area contributed by atoms with Crippen molar-refractivity contribution in [3.63, 3.8) is 0 Å². The van der Waals surface area contributed by atoms with Crippen LogP contribution in [0.15, 0.2) is 64.7 Å². The number of carbonyl (C=O) groups excluding carboxylic acids is 1. The SMILES string of the molecule is C=C(/C=N\C=C(/C)c1c(C)cccc1C)[C@H](CC(=O)O)NC(=O)[C@H](CC(C)C)n1ccc(CN(C)CC(F)F)cc1=O. The summed E-state index contributed by atoms with van der Waals surface area (Å²) in [5.41, 5.74) is 4.59. The number of aryl methyl sites for hydroxylation is 2. The molecule has 0 aliphatic carbocycles. The van der Waals surface area contributed by atoms with Gasteiger partial charge in [-0.15, -0.1) is 0 Å². The first-order valence-electron chi connectivity index (χ1n) is 13.8. The number of carbonyl (C=O) groups is 2. The molecule has 42 heavy (non-hydrogen) atoms. The van der Waals surface area contributed by atoms with E-state index in [4.69, 9.17) is 0 Å². The molecule has 1 amide bonds. The largest absolute Gasteiger partial charge is 0.481 e. The zero-order chi connectivity index (χ0) is 31.6. The maximum atomic E-state index is 13.5. The van der Waals surface area contributed by atoms with Gasteiger partial charge in [-0.2, -0.15) is 0 Å². The minimum absolute atomic E-state index is 0.0326. The van der Waals surface area contributed by atoms with E-state index in [0.717, 1.165) is 22.3 Å². The average Bonchev–Trinajstić information content (AvgIpc) is 2.86. The first kappa shape index (κ1) is 34.3. The van der Waals surface area contributed by atoms with Crippen molar-refractivity contribution in [2.75, 3.05) is 13.6 Å². The lowest BCUT2D eigenvalue weighted by molar-refractivity contribution is -0.137. The monoisotopic (exact) mass is 584 g/mol. The molecule has 0 saturated carbocycles. The molecule has 2 rings (SSSR count). The molecule has 0 radical (unpaired) electrons. The van der Waals surface area contributed by atoms with E-state index in [1.807, 2.05) is 52.8 Å². The quantitative estimate of drug-likeness (QED) is 0.273. The van der Waals surface area contributed by atoms with Crippen molar-refractivity contribution in [1.29, 1.82) is 0 Å². The minimum atomic E-state index is -2.50. The Hall–Kier alpha value is -3.92. The number of amides is 1. The number of alkyl halides is 2. The number of carboxylic acid groups (broad SMARTS) is 1. The second-order valence-corrected chi connectivity index (χ2v) is 11.1. The predicted octanol–water partition coefficient (Wildman–Crippen LogP) is 5.40. The van der Waals surface area contributed by atoms with Crippen LogP contribution in [-0.2, 0) is 16.1 Å². The van der Waals surface area contributed by atoms with Gasteiger partial charge in [-0.25, -0.2) is 8.78 Å². The average molecular weight is 585 g/mol. The molecule has 0 bridgehead atoms. The fourth-order valence-corrected chi connectivity index (χ4v) is 4.85. The van der Waals surface area contributed by atoms with Gasteiger partial charge in [-0.1, -0.05) is 38.6 Å². The summed E-state index contributed by atoms with van der Waals surface area (Å²) in [5, 5.41) is 12.3. The fourth-order valence-electron chi connectivity index (χ4n) is 4.85. The predicted molar refractivity (Wildman–Crippen MR) is 163 cm³/mol. The summed E-state index contributed by atoms with van der Waals surface area (Å²) in [4.78, 5) is 43.9. The van der Waals surface area contributed by atoms with Crippen LogP contribution in [-0.4, -0.2) is 58.7 Å². The Labute approximate surface area is 246 Å². The van der Waals surface area contributed by atoms with Crippen LogP contribution >= 0.6 is 0 Å². The number of carboxylic acids is 1. The first-order chi connectivity index (χ1) is 19.7. The maximum absolute atomic E-state index is 13.5. The Morgan fingerprint density at radius 3 is 2.38 bits per heavy atom. The Kier molecular flexibility index (Phi) is 13.0. The smallest absolute Gasteiger partial charge is 0.305 e. The third-order valence-electron chi connectivity index (χ3n) is 6.77. The molecular formula is C32H42F2N4O4. The standard InChI is InChI=1S/C32H42F2N4O4/c1-20(2)13-27(38-12-11-25(14-29(38)39)18-37(7)19-28(33)34)32(42)36-26(15-30(40)41)23(5)16-35-17-24(6)31-21(3)9-8-10-22(31)4/h8-12,14,16-17,20,26-28H,5,13,15,18-19H2,1-4,6-7H3,(H,36,42)(H,40,41)/b24-17+,35-16-/t26-,27-/m0/s1. The molecule has 0 unspecified atom stereocenters. The van der Waals surface area contributed by atoms with E-state index in [9.17, 15) is 28.3 Å². The van der Waals surface area contributed by atoms with E-state index >= 15 is 0 Å². The summed E-state index contributed by atoms with van der Waals surface area (Å²) in [7, 11) is 1.53. The summed E-state index contributed by atoms with van der Waals surface area (Å²) in [6, 6.07) is 7.08. The van der Waals surface area contributed by atoms with Gasteiger partial charge in [0.2, 0.25) is 5.91 Å². The number of pyridine rings is 1. The van der Waals surface area contributed by atoms with Crippen molar-refractivity contribution in [3.05, 3.63) is 87.5 Å². The molecule has 1 heterocycles. The number of hydrogen-bond acceptors (Lipinski definition) is 5. The zero-order valence-corrected chi connectivity index (χ0v) is 25.2. The number of benzene rings is 1. The van der Waals surface area contributed by atoms with Crippen LogP contribution in [0.25, 0.3) is 5.57 Å². The Morgan fingerprint density at radius 1 is 1.19 bits per heavy atom. The van der Waals surface area contributed by atoms with Gasteiger partial charge in [-0.05, 0) is 79.6 Å². The van der Waals surface area contributed by atoms with Crippen molar-refractivity contribution in [3.8, 4) is 0 Å². The number of allylic oxidation sites excluding steroid dienone is 1. The molecule has 10 heteroatoms. The van der Waals surface area contributed by atoms with Gasteiger partial charge >= 0.3 is 5.97 Å². The van der Waals surface area contributed by atoms with Crippen molar-refractivity contribution in [1.82, 2.24) is 14.8 Å². The van der Waals surface area contributed by atoms with E-state index in [2.05, 4.69) is 16.9 Å². The molecule has 0 fully saturated rings. The second kappa shape index (κ2) is 15.9. The lowest BCUT2D eigenvalue weighted by Crippen LogP contribution is -2.44. The highest BCUT2D eigenvalue weighted by atomic mass is 19.3. The van der Waals surface area contributed by atoms with Crippen molar-refractivity contribution >= 4 is 23.7 Å². The van der Waals surface area contributed by atoms with Crippen LogP contribution in [0.5, 0.6) is 0 Å². The summed E-state index contributed by atoms with van der Waals surface area (Å²) >= 11 is 0. The molecule has 0 aliphatic heterocycles. The van der Waals surface area contributed by atoms with Crippen molar-refractivity contribution in [2.45, 2.75) is 72.5 Å². The lowest BCUT2D eigenvalue weighted by atomic mass is 9.97. The number of aromatic nitrogens is 1. The van der Waals surface area contributed by atoms with Gasteiger partial charge in [0.25, 0.3) is 12.0 Å². The summed E-state index contributed by atoms with van der Waals surface area (Å²) < 4.78 is 26.7. The molecule has 0 saturated heterocycles. The third-order valence-corrected chi connectivity index (χ3v) is 6.77. The molecule has 8 nitrogen and oxygen atoms in total. The molecule has 2 aromatic rings. The number of aliphatic imine (C=N–C) groups is 1. The van der Waals surface area contributed by atoms with Crippen LogP contribution in [0.4, 0.5) is 8.78 Å². The van der Waals surface area contributed by atoms with Crippen molar-refractivity contribution < 1.29 is 23.5 Å². The van der Waals surface area contributed by atoms with Gasteiger partial charge < -0.3 is 15.0 Å². The number of rotatable bonds is 15. The van der Waals surface area contributed by atoms with Gasteiger partial charge in [0, 0.05) is 31.2 Å². The minimum Gasteiger partial charge on any atom is -0.481 e. The Balaban J connectivity index is 2.28. The lowest BCUT2D eigenvalue weighted by Gasteiger charge is -2.25. The molecule has 0 spiro atoms. The molecule has 1 aromatic heterocycles. The highest BCUT2D eigenvalue weighted by molar-refractivity contribution is 5.87. The van der Waals surface area contributed by atoms with Gasteiger partial charge in [0.15, 0.2) is 0 Å². The number of aliphatic carboxylic acids is 1. The highest BCUT2D eigenvalue weighted by Gasteiger charge is 2.27. The van der Waals surface area contributed by atoms with E-state index in [1.54, 1.807) is 12.3 Å². The zero-order valence-electron chi connectivity index (χ0n) is 25.2. The number of halogens is 2. The normalized spacial score (nSPS) is 13.6. The Bertz CT molecular complexity index is 1360. The molecule has 1 aromatic carbocycles. The Morgan fingerprint density at radius 2 is 1.83 bits per heavy atom. The second-order valence-electron chi connectivity index (χ2n) is 11.1. The van der Waals surface area contributed by atoms with Gasteiger partial charge in [0.05, 0.1) is 19.0 Å².